The lowest BCUT2D eigenvalue weighted by molar-refractivity contribution is 0.553. The lowest BCUT2D eigenvalue weighted by atomic mass is 10.3. The molecule has 2 aliphatic rings. The van der Waals surface area contributed by atoms with Gasteiger partial charge in [0.25, 0.3) is 0 Å². The minimum atomic E-state index is 0.620. The summed E-state index contributed by atoms with van der Waals surface area (Å²) in [6.07, 6.45) is 1.06. The molecule has 0 unspecified atom stereocenters. The number of thiophene rings is 1. The summed E-state index contributed by atoms with van der Waals surface area (Å²) < 4.78 is 0. The minimum absolute atomic E-state index is 0.620. The SMILES string of the molecule is N=C1Sc2ccsc2C2=NCCCN12. The first-order chi connectivity index (χ1) is 6.86. The fourth-order valence-electron chi connectivity index (χ4n) is 1.70. The Balaban J connectivity index is 2.16. The highest BCUT2D eigenvalue weighted by Gasteiger charge is 2.29. The number of hydrogen-bond donors (Lipinski definition) is 1. The van der Waals surface area contributed by atoms with E-state index in [0.29, 0.717) is 5.17 Å². The molecular formula is C9H9N3S2. The molecule has 0 atom stereocenters. The molecule has 0 spiro atoms. The Labute approximate surface area is 90.3 Å². The van der Waals surface area contributed by atoms with Crippen LogP contribution in [0.5, 0.6) is 0 Å². The fraction of sp³-hybridized carbons (Fsp3) is 0.333. The summed E-state index contributed by atoms with van der Waals surface area (Å²) in [6, 6.07) is 2.08. The highest BCUT2D eigenvalue weighted by Crippen LogP contribution is 2.36. The molecule has 0 saturated carbocycles. The van der Waals surface area contributed by atoms with Crippen molar-refractivity contribution in [2.45, 2.75) is 11.3 Å². The van der Waals surface area contributed by atoms with Crippen LogP contribution in [0.2, 0.25) is 0 Å². The number of rotatable bonds is 0. The van der Waals surface area contributed by atoms with E-state index in [1.807, 2.05) is 4.90 Å². The van der Waals surface area contributed by atoms with Gasteiger partial charge < -0.3 is 4.90 Å². The van der Waals surface area contributed by atoms with Crippen molar-refractivity contribution < 1.29 is 0 Å². The lowest BCUT2D eigenvalue weighted by Crippen LogP contribution is -2.41. The second kappa shape index (κ2) is 3.10. The molecule has 0 amide bonds. The molecular weight excluding hydrogens is 214 g/mol. The van der Waals surface area contributed by atoms with E-state index < -0.39 is 0 Å². The van der Waals surface area contributed by atoms with Gasteiger partial charge in [-0.2, -0.15) is 0 Å². The van der Waals surface area contributed by atoms with Crippen molar-refractivity contribution in [1.29, 1.82) is 5.41 Å². The summed E-state index contributed by atoms with van der Waals surface area (Å²) in [5.41, 5.74) is 0. The van der Waals surface area contributed by atoms with Crippen molar-refractivity contribution in [2.24, 2.45) is 4.99 Å². The van der Waals surface area contributed by atoms with Crippen LogP contribution in [0.25, 0.3) is 0 Å². The molecule has 0 aromatic carbocycles. The Kier molecular flexibility index (Phi) is 1.88. The average molecular weight is 223 g/mol. The van der Waals surface area contributed by atoms with E-state index >= 15 is 0 Å². The first kappa shape index (κ1) is 8.49. The second-order valence-corrected chi connectivity index (χ2v) is 5.18. The quantitative estimate of drug-likeness (QED) is 0.732. The number of thioether (sulfide) groups is 1. The Hall–Kier alpha value is -0.810. The van der Waals surface area contributed by atoms with Crippen molar-refractivity contribution in [3.63, 3.8) is 0 Å². The van der Waals surface area contributed by atoms with Gasteiger partial charge in [0, 0.05) is 18.0 Å². The summed E-state index contributed by atoms with van der Waals surface area (Å²) in [6.45, 7) is 1.85. The molecule has 3 heterocycles. The second-order valence-electron chi connectivity index (χ2n) is 3.23. The van der Waals surface area contributed by atoms with Gasteiger partial charge in [0.2, 0.25) is 0 Å². The van der Waals surface area contributed by atoms with Gasteiger partial charge in [-0.1, -0.05) is 11.8 Å². The molecule has 3 rings (SSSR count). The summed E-state index contributed by atoms with van der Waals surface area (Å²) in [5, 5.41) is 10.6. The van der Waals surface area contributed by atoms with Crippen LogP contribution in [0.4, 0.5) is 0 Å². The van der Waals surface area contributed by atoms with E-state index in [1.165, 1.54) is 9.77 Å². The Bertz CT molecular complexity index is 421. The van der Waals surface area contributed by atoms with E-state index in [0.717, 1.165) is 25.3 Å². The van der Waals surface area contributed by atoms with Crippen molar-refractivity contribution in [3.05, 3.63) is 16.3 Å². The van der Waals surface area contributed by atoms with Gasteiger partial charge >= 0.3 is 0 Å². The highest BCUT2D eigenvalue weighted by atomic mass is 32.2. The van der Waals surface area contributed by atoms with Crippen molar-refractivity contribution in [2.75, 3.05) is 13.1 Å². The van der Waals surface area contributed by atoms with E-state index in [9.17, 15) is 0 Å². The van der Waals surface area contributed by atoms with E-state index in [-0.39, 0.29) is 0 Å². The topological polar surface area (TPSA) is 39.5 Å². The molecule has 1 aromatic heterocycles. The summed E-state index contributed by atoms with van der Waals surface area (Å²) in [5.74, 6) is 1.02. The third-order valence-corrected chi connectivity index (χ3v) is 4.35. The van der Waals surface area contributed by atoms with Crippen LogP contribution in [-0.2, 0) is 0 Å². The average Bonchev–Trinajstić information content (AvgIpc) is 2.66. The fourth-order valence-corrected chi connectivity index (χ4v) is 3.67. The first-order valence-electron chi connectivity index (χ1n) is 4.52. The van der Waals surface area contributed by atoms with Crippen molar-refractivity contribution >= 4 is 34.1 Å². The van der Waals surface area contributed by atoms with Gasteiger partial charge in [-0.3, -0.25) is 10.4 Å². The predicted molar refractivity (Wildman–Crippen MR) is 60.6 cm³/mol. The highest BCUT2D eigenvalue weighted by molar-refractivity contribution is 8.14. The van der Waals surface area contributed by atoms with Gasteiger partial charge in [-0.25, -0.2) is 0 Å². The summed E-state index contributed by atoms with van der Waals surface area (Å²) >= 11 is 3.27. The largest absolute Gasteiger partial charge is 0.305 e. The Morgan fingerprint density at radius 2 is 2.43 bits per heavy atom. The molecule has 1 N–H and O–H groups in total. The zero-order valence-corrected chi connectivity index (χ0v) is 9.12. The van der Waals surface area contributed by atoms with Crippen LogP contribution < -0.4 is 0 Å². The zero-order valence-electron chi connectivity index (χ0n) is 7.49. The number of fused-ring (bicyclic) bond motifs is 3. The molecule has 0 aliphatic carbocycles. The van der Waals surface area contributed by atoms with Gasteiger partial charge in [-0.05, 0) is 17.9 Å². The van der Waals surface area contributed by atoms with Crippen LogP contribution >= 0.6 is 23.1 Å². The number of hydrogen-bond acceptors (Lipinski definition) is 4. The third-order valence-electron chi connectivity index (χ3n) is 2.34. The van der Waals surface area contributed by atoms with Gasteiger partial charge in [0.1, 0.15) is 5.84 Å². The van der Waals surface area contributed by atoms with E-state index in [2.05, 4.69) is 16.4 Å². The van der Waals surface area contributed by atoms with Crippen molar-refractivity contribution in [3.8, 4) is 0 Å². The normalized spacial score (nSPS) is 20.1. The Morgan fingerprint density at radius 1 is 1.50 bits per heavy atom. The number of nitrogens with zero attached hydrogens (tertiary/aromatic N) is 2. The van der Waals surface area contributed by atoms with Gasteiger partial charge in [0.05, 0.1) is 4.88 Å². The standard InChI is InChI=1S/C9H9N3S2/c10-9-12-4-1-3-11-8(12)7-6(14-9)2-5-13-7/h2,5,10H,1,3-4H2. The Morgan fingerprint density at radius 3 is 3.36 bits per heavy atom. The maximum Gasteiger partial charge on any atom is 0.167 e. The van der Waals surface area contributed by atoms with Crippen LogP contribution in [0.15, 0.2) is 21.3 Å². The smallest absolute Gasteiger partial charge is 0.167 e. The van der Waals surface area contributed by atoms with Crippen LogP contribution in [0, 0.1) is 5.41 Å². The molecule has 0 radical (unpaired) electrons. The molecule has 72 valence electrons. The van der Waals surface area contributed by atoms with Gasteiger partial charge in [-0.15, -0.1) is 11.3 Å². The van der Waals surface area contributed by atoms with Gasteiger partial charge in [0.15, 0.2) is 5.17 Å². The number of amidine groups is 2. The molecule has 2 aliphatic heterocycles. The minimum Gasteiger partial charge on any atom is -0.305 e. The number of aliphatic imine (C=N–C) groups is 1. The first-order valence-corrected chi connectivity index (χ1v) is 6.22. The molecule has 5 heteroatoms. The molecule has 0 bridgehead atoms. The molecule has 0 fully saturated rings. The lowest BCUT2D eigenvalue weighted by Gasteiger charge is -2.32. The zero-order chi connectivity index (χ0) is 9.54. The van der Waals surface area contributed by atoms with E-state index in [4.69, 9.17) is 5.41 Å². The summed E-state index contributed by atoms with van der Waals surface area (Å²) in [7, 11) is 0. The molecule has 1 aromatic rings. The molecule has 0 saturated heterocycles. The maximum atomic E-state index is 7.90. The maximum absolute atomic E-state index is 7.90. The van der Waals surface area contributed by atoms with E-state index in [1.54, 1.807) is 23.1 Å². The number of nitrogens with one attached hydrogen (secondary N) is 1. The van der Waals surface area contributed by atoms with Crippen LogP contribution in [0.1, 0.15) is 11.3 Å². The monoisotopic (exact) mass is 223 g/mol. The van der Waals surface area contributed by atoms with Crippen LogP contribution in [-0.4, -0.2) is 29.0 Å². The predicted octanol–water partition coefficient (Wildman–Crippen LogP) is 2.24. The molecule has 3 nitrogen and oxygen atoms in total. The van der Waals surface area contributed by atoms with Crippen LogP contribution in [0.3, 0.4) is 0 Å². The molecule has 14 heavy (non-hydrogen) atoms. The van der Waals surface area contributed by atoms with Crippen molar-refractivity contribution in [1.82, 2.24) is 4.90 Å². The summed E-state index contributed by atoms with van der Waals surface area (Å²) in [4.78, 5) is 8.97. The third kappa shape index (κ3) is 1.12.